The summed E-state index contributed by atoms with van der Waals surface area (Å²) in [7, 11) is 0. The third-order valence-electron chi connectivity index (χ3n) is 2.25. The molecule has 0 aromatic carbocycles. The van der Waals surface area contributed by atoms with E-state index in [2.05, 4.69) is 24.9 Å². The molecule has 0 aliphatic rings. The van der Waals surface area contributed by atoms with Crippen LogP contribution in [-0.2, 0) is 6.42 Å². The highest BCUT2D eigenvalue weighted by molar-refractivity contribution is 7.09. The maximum atomic E-state index is 11.6. The van der Waals surface area contributed by atoms with Gasteiger partial charge < -0.3 is 10.7 Å². The number of nitrogens with zero attached hydrogens (tertiary/aromatic N) is 3. The van der Waals surface area contributed by atoms with E-state index >= 15 is 0 Å². The van der Waals surface area contributed by atoms with E-state index in [1.54, 1.807) is 11.7 Å². The fraction of sp³-hybridized carbons (Fsp3) is 0.111. The normalized spacial score (nSPS) is 11.1. The number of aromatic amines is 2. The molecule has 86 valence electrons. The molecular formula is C9H8N6OS. The first kappa shape index (κ1) is 9.97. The van der Waals surface area contributed by atoms with Crippen LogP contribution in [0.1, 0.15) is 10.7 Å². The van der Waals surface area contributed by atoms with Crippen LogP contribution in [-0.4, -0.2) is 24.9 Å². The van der Waals surface area contributed by atoms with Crippen molar-refractivity contribution in [2.24, 2.45) is 0 Å². The minimum Gasteiger partial charge on any atom is -0.369 e. The summed E-state index contributed by atoms with van der Waals surface area (Å²) in [6.45, 7) is 0. The molecule has 4 N–H and O–H groups in total. The molecule has 0 radical (unpaired) electrons. The van der Waals surface area contributed by atoms with E-state index in [0.717, 1.165) is 4.88 Å². The summed E-state index contributed by atoms with van der Waals surface area (Å²) in [4.78, 5) is 30.1. The second-order valence-corrected chi connectivity index (χ2v) is 4.45. The highest BCUT2D eigenvalue weighted by Gasteiger charge is 2.09. The van der Waals surface area contributed by atoms with Crippen molar-refractivity contribution < 1.29 is 0 Å². The lowest BCUT2D eigenvalue weighted by atomic mass is 10.4. The van der Waals surface area contributed by atoms with Gasteiger partial charge in [-0.15, -0.1) is 11.3 Å². The number of anilines is 1. The van der Waals surface area contributed by atoms with E-state index in [1.807, 2.05) is 0 Å². The molecule has 0 unspecified atom stereocenters. The van der Waals surface area contributed by atoms with Gasteiger partial charge in [0.2, 0.25) is 5.95 Å². The predicted octanol–water partition coefficient (Wildman–Crippen LogP) is 0.276. The molecule has 0 spiro atoms. The Hall–Kier alpha value is -2.22. The van der Waals surface area contributed by atoms with Crippen LogP contribution in [0.3, 0.4) is 0 Å². The second kappa shape index (κ2) is 3.67. The van der Waals surface area contributed by atoms with Gasteiger partial charge in [-0.3, -0.25) is 14.8 Å². The first-order valence-corrected chi connectivity index (χ1v) is 5.72. The van der Waals surface area contributed by atoms with E-state index in [1.165, 1.54) is 11.3 Å². The standard InChI is InChI=1S/C9H8N6OS/c10-9-14-7-6(8(16)15-9)12-5(13-7)1-4-2-11-3-17-4/h2-3H,1H2,(H4,10,12,13,14,15,16). The Morgan fingerprint density at radius 1 is 1.35 bits per heavy atom. The number of nitrogens with one attached hydrogen (secondary N) is 2. The van der Waals surface area contributed by atoms with Crippen LogP contribution >= 0.6 is 11.3 Å². The largest absolute Gasteiger partial charge is 0.369 e. The van der Waals surface area contributed by atoms with Gasteiger partial charge in [-0.05, 0) is 0 Å². The van der Waals surface area contributed by atoms with E-state index in [0.29, 0.717) is 23.4 Å². The third-order valence-corrected chi connectivity index (χ3v) is 3.03. The monoisotopic (exact) mass is 248 g/mol. The van der Waals surface area contributed by atoms with Crippen LogP contribution in [0.4, 0.5) is 5.95 Å². The zero-order valence-electron chi connectivity index (χ0n) is 8.60. The van der Waals surface area contributed by atoms with Crippen molar-refractivity contribution >= 4 is 28.4 Å². The number of H-pyrrole nitrogens is 2. The van der Waals surface area contributed by atoms with Crippen LogP contribution in [0, 0.1) is 0 Å². The molecule has 0 bridgehead atoms. The van der Waals surface area contributed by atoms with Crippen molar-refractivity contribution in [3.63, 3.8) is 0 Å². The van der Waals surface area contributed by atoms with Crippen molar-refractivity contribution in [3.05, 3.63) is 32.8 Å². The Kier molecular flexibility index (Phi) is 2.15. The van der Waals surface area contributed by atoms with E-state index < -0.39 is 0 Å². The average Bonchev–Trinajstić information content (AvgIpc) is 2.87. The fourth-order valence-electron chi connectivity index (χ4n) is 1.55. The average molecular weight is 248 g/mol. The Balaban J connectivity index is 2.08. The van der Waals surface area contributed by atoms with Crippen LogP contribution in [0.25, 0.3) is 11.2 Å². The number of nitrogen functional groups attached to an aromatic ring is 1. The summed E-state index contributed by atoms with van der Waals surface area (Å²) in [6.07, 6.45) is 2.37. The lowest BCUT2D eigenvalue weighted by molar-refractivity contribution is 1.05. The number of rotatable bonds is 2. The molecule has 0 aliphatic heterocycles. The van der Waals surface area contributed by atoms with Crippen molar-refractivity contribution in [1.29, 1.82) is 0 Å². The quantitative estimate of drug-likeness (QED) is 0.602. The van der Waals surface area contributed by atoms with Crippen LogP contribution in [0.15, 0.2) is 16.5 Å². The number of hydrogen-bond donors (Lipinski definition) is 3. The Morgan fingerprint density at radius 3 is 3.00 bits per heavy atom. The second-order valence-electron chi connectivity index (χ2n) is 3.48. The number of imidazole rings is 1. The maximum Gasteiger partial charge on any atom is 0.278 e. The van der Waals surface area contributed by atoms with Gasteiger partial charge in [0, 0.05) is 17.5 Å². The van der Waals surface area contributed by atoms with Crippen LogP contribution in [0.2, 0.25) is 0 Å². The molecule has 7 nitrogen and oxygen atoms in total. The lowest BCUT2D eigenvalue weighted by Crippen LogP contribution is -2.10. The molecule has 0 amide bonds. The van der Waals surface area contributed by atoms with Crippen molar-refractivity contribution in [2.75, 3.05) is 5.73 Å². The highest BCUT2D eigenvalue weighted by Crippen LogP contribution is 2.12. The van der Waals surface area contributed by atoms with Gasteiger partial charge in [-0.2, -0.15) is 4.98 Å². The minimum atomic E-state index is -0.310. The van der Waals surface area contributed by atoms with Gasteiger partial charge in [0.05, 0.1) is 5.51 Å². The first-order chi connectivity index (χ1) is 8.22. The summed E-state index contributed by atoms with van der Waals surface area (Å²) >= 11 is 1.53. The van der Waals surface area contributed by atoms with Gasteiger partial charge in [-0.1, -0.05) is 0 Å². The number of aromatic nitrogens is 5. The molecular weight excluding hydrogens is 240 g/mol. The van der Waals surface area contributed by atoms with Crippen LogP contribution in [0.5, 0.6) is 0 Å². The summed E-state index contributed by atoms with van der Waals surface area (Å²) < 4.78 is 0. The summed E-state index contributed by atoms with van der Waals surface area (Å²) in [5.41, 5.74) is 7.57. The fourth-order valence-corrected chi connectivity index (χ4v) is 2.15. The van der Waals surface area contributed by atoms with Crippen molar-refractivity contribution in [3.8, 4) is 0 Å². The Bertz CT molecular complexity index is 713. The number of nitrogens with two attached hydrogens (primary N) is 1. The van der Waals surface area contributed by atoms with Gasteiger partial charge in [0.15, 0.2) is 11.2 Å². The molecule has 0 fully saturated rings. The smallest absolute Gasteiger partial charge is 0.278 e. The van der Waals surface area contributed by atoms with E-state index in [9.17, 15) is 4.79 Å². The zero-order valence-corrected chi connectivity index (χ0v) is 9.41. The molecule has 17 heavy (non-hydrogen) atoms. The molecule has 0 atom stereocenters. The summed E-state index contributed by atoms with van der Waals surface area (Å²) in [6, 6.07) is 0. The minimum absolute atomic E-state index is 0.0679. The van der Waals surface area contributed by atoms with Crippen LogP contribution < -0.4 is 11.3 Å². The van der Waals surface area contributed by atoms with Gasteiger partial charge >= 0.3 is 0 Å². The lowest BCUT2D eigenvalue weighted by Gasteiger charge is -1.89. The summed E-state index contributed by atoms with van der Waals surface area (Å²) in [5, 5.41) is 0. The Morgan fingerprint density at radius 2 is 2.24 bits per heavy atom. The topological polar surface area (TPSA) is 113 Å². The van der Waals surface area contributed by atoms with E-state index in [-0.39, 0.29) is 11.5 Å². The van der Waals surface area contributed by atoms with Gasteiger partial charge in [0.25, 0.3) is 5.56 Å². The zero-order chi connectivity index (χ0) is 11.8. The van der Waals surface area contributed by atoms with Crippen molar-refractivity contribution in [1.82, 2.24) is 24.9 Å². The van der Waals surface area contributed by atoms with Gasteiger partial charge in [-0.25, -0.2) is 4.98 Å². The molecule has 3 aromatic rings. The number of fused-ring (bicyclic) bond motifs is 1. The first-order valence-electron chi connectivity index (χ1n) is 4.84. The highest BCUT2D eigenvalue weighted by atomic mass is 32.1. The predicted molar refractivity (Wildman–Crippen MR) is 63.8 cm³/mol. The van der Waals surface area contributed by atoms with Gasteiger partial charge in [0.1, 0.15) is 5.82 Å². The third kappa shape index (κ3) is 1.78. The molecule has 3 rings (SSSR count). The summed E-state index contributed by atoms with van der Waals surface area (Å²) in [5.74, 6) is 0.742. The molecule has 0 saturated carbocycles. The molecule has 0 aliphatic carbocycles. The SMILES string of the molecule is Nc1nc2nc(Cc3cncs3)[nH]c2c(=O)[nH]1. The molecule has 3 heterocycles. The number of thiazole rings is 1. The number of hydrogen-bond acceptors (Lipinski definition) is 6. The molecule has 8 heteroatoms. The maximum absolute atomic E-state index is 11.6. The Labute approximate surface area is 98.8 Å². The van der Waals surface area contributed by atoms with Crippen molar-refractivity contribution in [2.45, 2.75) is 6.42 Å². The molecule has 3 aromatic heterocycles. The van der Waals surface area contributed by atoms with E-state index in [4.69, 9.17) is 5.73 Å². The molecule has 0 saturated heterocycles.